The Morgan fingerprint density at radius 2 is 2.24 bits per heavy atom. The highest BCUT2D eigenvalue weighted by Crippen LogP contribution is 2.20. The maximum Gasteiger partial charge on any atom is 0.176 e. The molecular formula is C12H12N4S. The fourth-order valence-corrected chi connectivity index (χ4v) is 2.75. The lowest BCUT2D eigenvalue weighted by atomic mass is 10.2. The average molecular weight is 244 g/mol. The molecule has 0 radical (unpaired) electrons. The molecule has 1 aliphatic rings. The van der Waals surface area contributed by atoms with Gasteiger partial charge in [0.25, 0.3) is 0 Å². The van der Waals surface area contributed by atoms with Crippen LogP contribution in [0.4, 0.5) is 5.82 Å². The number of nitrogens with one attached hydrogen (secondary N) is 1. The third-order valence-corrected chi connectivity index (χ3v) is 3.72. The summed E-state index contributed by atoms with van der Waals surface area (Å²) in [6.45, 7) is 0. The van der Waals surface area contributed by atoms with E-state index >= 15 is 0 Å². The van der Waals surface area contributed by atoms with Crippen LogP contribution in [0.5, 0.6) is 0 Å². The SMILES string of the molecule is c1ccc2c(N/N=C3\CCSC3)nncc2c1. The Morgan fingerprint density at radius 1 is 1.29 bits per heavy atom. The summed E-state index contributed by atoms with van der Waals surface area (Å²) in [7, 11) is 0. The minimum Gasteiger partial charge on any atom is -0.259 e. The number of hydrazone groups is 1. The Labute approximate surface area is 104 Å². The summed E-state index contributed by atoms with van der Waals surface area (Å²) in [5.41, 5.74) is 4.23. The van der Waals surface area contributed by atoms with Gasteiger partial charge in [-0.25, -0.2) is 0 Å². The van der Waals surface area contributed by atoms with E-state index in [1.54, 1.807) is 6.20 Å². The molecule has 0 spiro atoms. The van der Waals surface area contributed by atoms with Crippen LogP contribution in [0, 0.1) is 0 Å². The summed E-state index contributed by atoms with van der Waals surface area (Å²) in [5.74, 6) is 2.92. The van der Waals surface area contributed by atoms with Crippen molar-refractivity contribution in [1.82, 2.24) is 10.2 Å². The molecule has 1 aliphatic heterocycles. The molecule has 0 amide bonds. The molecule has 5 heteroatoms. The topological polar surface area (TPSA) is 50.2 Å². The van der Waals surface area contributed by atoms with Gasteiger partial charge in [0.15, 0.2) is 5.82 Å². The molecule has 4 nitrogen and oxygen atoms in total. The molecule has 2 aromatic rings. The molecule has 0 bridgehead atoms. The van der Waals surface area contributed by atoms with Gasteiger partial charge in [0.1, 0.15) is 0 Å². The maximum absolute atomic E-state index is 4.39. The molecule has 1 fully saturated rings. The van der Waals surface area contributed by atoms with Gasteiger partial charge in [-0.15, -0.1) is 5.10 Å². The van der Waals surface area contributed by atoms with Crippen molar-refractivity contribution in [2.45, 2.75) is 6.42 Å². The van der Waals surface area contributed by atoms with E-state index in [1.807, 2.05) is 36.0 Å². The number of anilines is 1. The minimum absolute atomic E-state index is 0.729. The predicted molar refractivity (Wildman–Crippen MR) is 72.5 cm³/mol. The highest BCUT2D eigenvalue weighted by atomic mass is 32.2. The summed E-state index contributed by atoms with van der Waals surface area (Å²) >= 11 is 1.91. The van der Waals surface area contributed by atoms with Crippen LogP contribution in [0.3, 0.4) is 0 Å². The van der Waals surface area contributed by atoms with Gasteiger partial charge in [-0.05, 0) is 12.2 Å². The van der Waals surface area contributed by atoms with Crippen molar-refractivity contribution in [3.8, 4) is 0 Å². The first-order valence-electron chi connectivity index (χ1n) is 5.53. The van der Waals surface area contributed by atoms with Crippen LogP contribution in [-0.4, -0.2) is 27.4 Å². The minimum atomic E-state index is 0.729. The van der Waals surface area contributed by atoms with E-state index in [2.05, 4.69) is 20.7 Å². The average Bonchev–Trinajstić information content (AvgIpc) is 2.89. The molecule has 0 atom stereocenters. The Hall–Kier alpha value is -1.62. The largest absolute Gasteiger partial charge is 0.259 e. The summed E-state index contributed by atoms with van der Waals surface area (Å²) in [6, 6.07) is 8.03. The highest BCUT2D eigenvalue weighted by Gasteiger charge is 2.09. The number of rotatable bonds is 2. The van der Waals surface area contributed by atoms with Crippen LogP contribution in [0.25, 0.3) is 10.8 Å². The van der Waals surface area contributed by atoms with E-state index in [9.17, 15) is 0 Å². The number of aromatic nitrogens is 2. The molecule has 1 aromatic carbocycles. The number of hydrogen-bond acceptors (Lipinski definition) is 5. The monoisotopic (exact) mass is 244 g/mol. The van der Waals surface area contributed by atoms with Gasteiger partial charge in [-0.2, -0.15) is 22.0 Å². The third kappa shape index (κ3) is 2.24. The van der Waals surface area contributed by atoms with Crippen molar-refractivity contribution < 1.29 is 0 Å². The van der Waals surface area contributed by atoms with Crippen LogP contribution < -0.4 is 5.43 Å². The number of thioether (sulfide) groups is 1. The predicted octanol–water partition coefficient (Wildman–Crippen LogP) is 2.53. The smallest absolute Gasteiger partial charge is 0.176 e. The van der Waals surface area contributed by atoms with Gasteiger partial charge in [-0.3, -0.25) is 5.43 Å². The molecule has 17 heavy (non-hydrogen) atoms. The Bertz CT molecular complexity index is 554. The van der Waals surface area contributed by atoms with Crippen molar-refractivity contribution in [2.75, 3.05) is 16.9 Å². The lowest BCUT2D eigenvalue weighted by Crippen LogP contribution is -2.02. The molecule has 2 heterocycles. The fraction of sp³-hybridized carbons (Fsp3) is 0.250. The molecule has 1 saturated heterocycles. The molecule has 86 valence electrons. The lowest BCUT2D eigenvalue weighted by molar-refractivity contribution is 1.04. The quantitative estimate of drug-likeness (QED) is 0.825. The Kier molecular flexibility index (Phi) is 2.92. The fourth-order valence-electron chi connectivity index (χ4n) is 1.78. The van der Waals surface area contributed by atoms with E-state index in [0.717, 1.165) is 28.8 Å². The molecule has 0 aliphatic carbocycles. The third-order valence-electron chi connectivity index (χ3n) is 2.69. The van der Waals surface area contributed by atoms with Gasteiger partial charge in [0, 0.05) is 22.2 Å². The Morgan fingerprint density at radius 3 is 3.12 bits per heavy atom. The molecule has 0 saturated carbocycles. The van der Waals surface area contributed by atoms with Gasteiger partial charge in [-0.1, -0.05) is 24.3 Å². The normalized spacial score (nSPS) is 17.8. The first kappa shape index (κ1) is 10.5. The lowest BCUT2D eigenvalue weighted by Gasteiger charge is -2.03. The van der Waals surface area contributed by atoms with Crippen molar-refractivity contribution in [2.24, 2.45) is 5.10 Å². The summed E-state index contributed by atoms with van der Waals surface area (Å²) in [4.78, 5) is 0. The van der Waals surface area contributed by atoms with Crippen molar-refractivity contribution >= 4 is 34.1 Å². The second-order valence-corrected chi connectivity index (χ2v) is 4.98. The number of fused-ring (bicyclic) bond motifs is 1. The molecule has 1 N–H and O–H groups in total. The van der Waals surface area contributed by atoms with Crippen molar-refractivity contribution in [3.63, 3.8) is 0 Å². The first-order valence-corrected chi connectivity index (χ1v) is 6.68. The molecule has 1 aromatic heterocycles. The zero-order valence-electron chi connectivity index (χ0n) is 9.26. The number of benzene rings is 1. The van der Waals surface area contributed by atoms with E-state index in [-0.39, 0.29) is 0 Å². The summed E-state index contributed by atoms with van der Waals surface area (Å²) in [6.07, 6.45) is 2.83. The van der Waals surface area contributed by atoms with Crippen molar-refractivity contribution in [3.05, 3.63) is 30.5 Å². The molecule has 3 rings (SSSR count). The van der Waals surface area contributed by atoms with Gasteiger partial charge < -0.3 is 0 Å². The van der Waals surface area contributed by atoms with Crippen molar-refractivity contribution in [1.29, 1.82) is 0 Å². The van der Waals surface area contributed by atoms with Gasteiger partial charge in [0.05, 0.1) is 6.20 Å². The second-order valence-electron chi connectivity index (χ2n) is 3.87. The zero-order chi connectivity index (χ0) is 11.5. The van der Waals surface area contributed by atoms with Gasteiger partial charge in [0.2, 0.25) is 0 Å². The van der Waals surface area contributed by atoms with E-state index in [1.165, 1.54) is 11.5 Å². The number of hydrogen-bond donors (Lipinski definition) is 1. The number of nitrogens with zero attached hydrogens (tertiary/aromatic N) is 3. The van der Waals surface area contributed by atoms with Crippen LogP contribution in [0.1, 0.15) is 6.42 Å². The van der Waals surface area contributed by atoms with Crippen LogP contribution in [-0.2, 0) is 0 Å². The van der Waals surface area contributed by atoms with Crippen LogP contribution in [0.2, 0.25) is 0 Å². The Balaban J connectivity index is 1.92. The van der Waals surface area contributed by atoms with E-state index in [4.69, 9.17) is 0 Å². The molecular weight excluding hydrogens is 232 g/mol. The maximum atomic E-state index is 4.39. The van der Waals surface area contributed by atoms with Gasteiger partial charge >= 0.3 is 0 Å². The highest BCUT2D eigenvalue weighted by molar-refractivity contribution is 8.00. The van der Waals surface area contributed by atoms with Crippen LogP contribution in [0.15, 0.2) is 35.6 Å². The summed E-state index contributed by atoms with van der Waals surface area (Å²) in [5, 5.41) is 14.6. The first-order chi connectivity index (χ1) is 8.43. The zero-order valence-corrected chi connectivity index (χ0v) is 10.1. The van der Waals surface area contributed by atoms with E-state index in [0.29, 0.717) is 0 Å². The summed E-state index contributed by atoms with van der Waals surface area (Å²) < 4.78 is 0. The second kappa shape index (κ2) is 4.71. The van der Waals surface area contributed by atoms with Crippen LogP contribution >= 0.6 is 11.8 Å². The standard InChI is InChI=1S/C12H12N4S/c1-2-4-11-9(3-1)7-13-15-12(11)16-14-10-5-6-17-8-10/h1-4,7H,5-6,8H2,(H,15,16)/b14-10+. The van der Waals surface area contributed by atoms with E-state index < -0.39 is 0 Å². The molecule has 0 unspecified atom stereocenters.